The second-order valence-corrected chi connectivity index (χ2v) is 5.02. The molecule has 1 saturated heterocycles. The molecule has 0 aromatic heterocycles. The van der Waals surface area contributed by atoms with Crippen LogP contribution in [-0.4, -0.2) is 26.0 Å². The van der Waals surface area contributed by atoms with E-state index in [-0.39, 0.29) is 0 Å². The predicted octanol–water partition coefficient (Wildman–Crippen LogP) is 2.71. The maximum atomic E-state index is 5.25. The number of ether oxygens (including phenoxy) is 1. The van der Waals surface area contributed by atoms with Crippen molar-refractivity contribution < 1.29 is 4.74 Å². The fourth-order valence-electron chi connectivity index (χ4n) is 2.22. The zero-order valence-electron chi connectivity index (χ0n) is 9.95. The van der Waals surface area contributed by atoms with Gasteiger partial charge < -0.3 is 10.1 Å². The normalized spacial score (nSPS) is 20.0. The van der Waals surface area contributed by atoms with Gasteiger partial charge in [0.05, 0.1) is 7.11 Å². The standard InChI is InChI=1S/C13H19NOS/c1-15-12-6-5-10(13(9-12)16-2)8-11-4-3-7-14-11/h5-6,9,11,14H,3-4,7-8H2,1-2H3. The zero-order valence-corrected chi connectivity index (χ0v) is 10.8. The Balaban J connectivity index is 2.12. The molecule has 1 aliphatic rings. The number of rotatable bonds is 4. The van der Waals surface area contributed by atoms with E-state index in [9.17, 15) is 0 Å². The summed E-state index contributed by atoms with van der Waals surface area (Å²) in [5, 5.41) is 3.54. The molecule has 0 saturated carbocycles. The molecule has 0 radical (unpaired) electrons. The third-order valence-corrected chi connectivity index (χ3v) is 3.94. The van der Waals surface area contributed by atoms with Crippen molar-refractivity contribution in [1.82, 2.24) is 5.32 Å². The quantitative estimate of drug-likeness (QED) is 0.814. The number of methoxy groups -OCH3 is 1. The number of thioether (sulfide) groups is 1. The van der Waals surface area contributed by atoms with Gasteiger partial charge in [-0.1, -0.05) is 6.07 Å². The van der Waals surface area contributed by atoms with Crippen LogP contribution >= 0.6 is 11.8 Å². The minimum absolute atomic E-state index is 0.666. The summed E-state index contributed by atoms with van der Waals surface area (Å²) in [4.78, 5) is 1.34. The summed E-state index contributed by atoms with van der Waals surface area (Å²) >= 11 is 1.80. The predicted molar refractivity (Wildman–Crippen MR) is 69.5 cm³/mol. The average molecular weight is 237 g/mol. The van der Waals surface area contributed by atoms with Gasteiger partial charge in [0, 0.05) is 10.9 Å². The molecule has 1 aliphatic heterocycles. The molecule has 1 aromatic carbocycles. The minimum atomic E-state index is 0.666. The van der Waals surface area contributed by atoms with Crippen LogP contribution < -0.4 is 10.1 Å². The smallest absolute Gasteiger partial charge is 0.119 e. The largest absolute Gasteiger partial charge is 0.497 e. The summed E-state index contributed by atoms with van der Waals surface area (Å²) < 4.78 is 5.25. The molecule has 1 atom stereocenters. The SMILES string of the molecule is COc1ccc(CC2CCCN2)c(SC)c1. The van der Waals surface area contributed by atoms with Crippen LogP contribution in [0.3, 0.4) is 0 Å². The van der Waals surface area contributed by atoms with Gasteiger partial charge in [0.15, 0.2) is 0 Å². The molecule has 1 unspecified atom stereocenters. The molecule has 3 heteroatoms. The lowest BCUT2D eigenvalue weighted by molar-refractivity contribution is 0.413. The maximum Gasteiger partial charge on any atom is 0.119 e. The number of benzene rings is 1. The van der Waals surface area contributed by atoms with Crippen molar-refractivity contribution in [3.05, 3.63) is 23.8 Å². The molecule has 1 aromatic rings. The van der Waals surface area contributed by atoms with Crippen molar-refractivity contribution in [2.45, 2.75) is 30.2 Å². The Kier molecular flexibility index (Phi) is 4.13. The van der Waals surface area contributed by atoms with E-state index in [4.69, 9.17) is 4.74 Å². The fourth-order valence-corrected chi connectivity index (χ4v) is 2.86. The Hall–Kier alpha value is -0.670. The summed E-state index contributed by atoms with van der Waals surface area (Å²) in [6.07, 6.45) is 5.88. The summed E-state index contributed by atoms with van der Waals surface area (Å²) in [5.74, 6) is 0.951. The molecule has 2 nitrogen and oxygen atoms in total. The summed E-state index contributed by atoms with van der Waals surface area (Å²) in [6, 6.07) is 7.06. The molecule has 16 heavy (non-hydrogen) atoms. The Morgan fingerprint density at radius 2 is 2.38 bits per heavy atom. The fraction of sp³-hybridized carbons (Fsp3) is 0.538. The molecule has 1 fully saturated rings. The van der Waals surface area contributed by atoms with Crippen LogP contribution in [-0.2, 0) is 6.42 Å². The Morgan fingerprint density at radius 1 is 1.50 bits per heavy atom. The van der Waals surface area contributed by atoms with Crippen molar-refractivity contribution in [2.24, 2.45) is 0 Å². The van der Waals surface area contributed by atoms with Crippen molar-refractivity contribution in [1.29, 1.82) is 0 Å². The van der Waals surface area contributed by atoms with Crippen LogP contribution in [0.25, 0.3) is 0 Å². The van der Waals surface area contributed by atoms with Gasteiger partial charge in [0.1, 0.15) is 5.75 Å². The molecule has 88 valence electrons. The molecule has 0 bridgehead atoms. The second kappa shape index (κ2) is 5.60. The Labute approximate surface area is 102 Å². The van der Waals surface area contributed by atoms with Gasteiger partial charge >= 0.3 is 0 Å². The van der Waals surface area contributed by atoms with Gasteiger partial charge in [-0.15, -0.1) is 11.8 Å². The van der Waals surface area contributed by atoms with Crippen LogP contribution in [0.15, 0.2) is 23.1 Å². The highest BCUT2D eigenvalue weighted by molar-refractivity contribution is 7.98. The first-order valence-electron chi connectivity index (χ1n) is 5.78. The van der Waals surface area contributed by atoms with E-state index in [1.54, 1.807) is 18.9 Å². The van der Waals surface area contributed by atoms with E-state index in [0.717, 1.165) is 12.2 Å². The molecule has 2 rings (SSSR count). The van der Waals surface area contributed by atoms with E-state index < -0.39 is 0 Å². The lowest BCUT2D eigenvalue weighted by Crippen LogP contribution is -2.23. The van der Waals surface area contributed by atoms with Crippen molar-refractivity contribution in [2.75, 3.05) is 19.9 Å². The van der Waals surface area contributed by atoms with Crippen LogP contribution in [0.4, 0.5) is 0 Å². The molecular weight excluding hydrogens is 218 g/mol. The highest BCUT2D eigenvalue weighted by atomic mass is 32.2. The van der Waals surface area contributed by atoms with Crippen molar-refractivity contribution in [3.8, 4) is 5.75 Å². The van der Waals surface area contributed by atoms with Crippen LogP contribution in [0.5, 0.6) is 5.75 Å². The van der Waals surface area contributed by atoms with E-state index in [1.165, 1.54) is 29.8 Å². The summed E-state index contributed by atoms with van der Waals surface area (Å²) in [6.45, 7) is 1.18. The number of hydrogen-bond donors (Lipinski definition) is 1. The second-order valence-electron chi connectivity index (χ2n) is 4.18. The monoisotopic (exact) mass is 237 g/mol. The van der Waals surface area contributed by atoms with Gasteiger partial charge in [-0.3, -0.25) is 0 Å². The third-order valence-electron chi connectivity index (χ3n) is 3.12. The van der Waals surface area contributed by atoms with E-state index in [1.807, 2.05) is 0 Å². The topological polar surface area (TPSA) is 21.3 Å². The Bertz CT molecular complexity index is 348. The highest BCUT2D eigenvalue weighted by Gasteiger charge is 2.16. The van der Waals surface area contributed by atoms with Crippen molar-refractivity contribution >= 4 is 11.8 Å². The average Bonchev–Trinajstić information content (AvgIpc) is 2.82. The van der Waals surface area contributed by atoms with Crippen LogP contribution in [0, 0.1) is 0 Å². The Morgan fingerprint density at radius 3 is 3.00 bits per heavy atom. The van der Waals surface area contributed by atoms with Crippen molar-refractivity contribution in [3.63, 3.8) is 0 Å². The number of nitrogens with one attached hydrogen (secondary N) is 1. The molecular formula is C13H19NOS. The molecule has 1 heterocycles. The van der Waals surface area contributed by atoms with Gasteiger partial charge in [0.2, 0.25) is 0 Å². The molecule has 1 N–H and O–H groups in total. The number of hydrogen-bond acceptors (Lipinski definition) is 3. The van der Waals surface area contributed by atoms with Gasteiger partial charge in [0.25, 0.3) is 0 Å². The van der Waals surface area contributed by atoms with E-state index in [0.29, 0.717) is 6.04 Å². The first-order valence-corrected chi connectivity index (χ1v) is 7.00. The maximum absolute atomic E-state index is 5.25. The first kappa shape index (κ1) is 11.8. The lowest BCUT2D eigenvalue weighted by Gasteiger charge is -2.14. The van der Waals surface area contributed by atoms with Gasteiger partial charge in [-0.2, -0.15) is 0 Å². The lowest BCUT2D eigenvalue weighted by atomic mass is 10.0. The summed E-state index contributed by atoms with van der Waals surface area (Å²) in [5.41, 5.74) is 1.44. The van der Waals surface area contributed by atoms with E-state index in [2.05, 4.69) is 29.8 Å². The van der Waals surface area contributed by atoms with E-state index >= 15 is 0 Å². The van der Waals surface area contributed by atoms with Crippen LogP contribution in [0.2, 0.25) is 0 Å². The third kappa shape index (κ3) is 2.71. The van der Waals surface area contributed by atoms with Gasteiger partial charge in [-0.05, 0) is 49.8 Å². The highest BCUT2D eigenvalue weighted by Crippen LogP contribution is 2.27. The minimum Gasteiger partial charge on any atom is -0.497 e. The molecule has 0 aliphatic carbocycles. The van der Waals surface area contributed by atoms with Gasteiger partial charge in [-0.25, -0.2) is 0 Å². The van der Waals surface area contributed by atoms with Crippen LogP contribution in [0.1, 0.15) is 18.4 Å². The zero-order chi connectivity index (χ0) is 11.4. The molecule has 0 spiro atoms. The molecule has 0 amide bonds. The first-order chi connectivity index (χ1) is 7.83. The summed E-state index contributed by atoms with van der Waals surface area (Å²) in [7, 11) is 1.72.